The third-order valence-electron chi connectivity index (χ3n) is 3.59. The maximum atomic E-state index is 12.4. The van der Waals surface area contributed by atoms with Gasteiger partial charge in [-0.25, -0.2) is 8.42 Å². The number of amides is 1. The van der Waals surface area contributed by atoms with Crippen molar-refractivity contribution in [3.05, 3.63) is 65.5 Å². The molecule has 25 heavy (non-hydrogen) atoms. The van der Waals surface area contributed by atoms with Gasteiger partial charge in [0.05, 0.1) is 11.3 Å². The summed E-state index contributed by atoms with van der Waals surface area (Å²) in [6.45, 7) is 0. The summed E-state index contributed by atoms with van der Waals surface area (Å²) in [7, 11) is -3.68. The van der Waals surface area contributed by atoms with Gasteiger partial charge in [-0.15, -0.1) is 11.3 Å². The van der Waals surface area contributed by atoms with E-state index in [-0.39, 0.29) is 21.4 Å². The molecule has 0 spiro atoms. The number of sulfonamides is 1. The summed E-state index contributed by atoms with van der Waals surface area (Å²) >= 11 is 1.12. The molecule has 0 saturated heterocycles. The molecule has 3 aromatic rings. The number of carbonyl (C=O) groups is 1. The lowest BCUT2D eigenvalue weighted by Crippen LogP contribution is -2.14. The number of benzene rings is 2. The van der Waals surface area contributed by atoms with Crippen molar-refractivity contribution in [1.29, 1.82) is 0 Å². The number of para-hydroxylation sites is 2. The Kier molecular flexibility index (Phi) is 3.70. The van der Waals surface area contributed by atoms with Crippen LogP contribution >= 0.6 is 11.3 Å². The van der Waals surface area contributed by atoms with E-state index in [9.17, 15) is 13.2 Å². The maximum Gasteiger partial charge on any atom is 0.271 e. The average Bonchev–Trinajstić information content (AvgIpc) is 3.09. The highest BCUT2D eigenvalue weighted by Gasteiger charge is 2.22. The van der Waals surface area contributed by atoms with Gasteiger partial charge in [0.2, 0.25) is 0 Å². The van der Waals surface area contributed by atoms with Gasteiger partial charge in [-0.2, -0.15) is 0 Å². The van der Waals surface area contributed by atoms with Crippen molar-refractivity contribution >= 4 is 38.6 Å². The van der Waals surface area contributed by atoms with E-state index in [1.807, 2.05) is 0 Å². The topological polar surface area (TPSA) is 84.5 Å². The van der Waals surface area contributed by atoms with Gasteiger partial charge in [-0.1, -0.05) is 18.2 Å². The predicted octanol–water partition coefficient (Wildman–Crippen LogP) is 3.91. The molecule has 0 bridgehead atoms. The van der Waals surface area contributed by atoms with Crippen LogP contribution in [0, 0.1) is 0 Å². The molecule has 0 atom stereocenters. The first-order chi connectivity index (χ1) is 12.0. The number of ether oxygens (including phenoxy) is 1. The Bertz CT molecular complexity index is 1060. The molecule has 0 fully saturated rings. The molecule has 2 N–H and O–H groups in total. The Morgan fingerprint density at radius 1 is 1.00 bits per heavy atom. The van der Waals surface area contributed by atoms with Crippen molar-refractivity contribution in [3.8, 4) is 11.5 Å². The predicted molar refractivity (Wildman–Crippen MR) is 96.0 cm³/mol. The Hall–Kier alpha value is -2.84. The molecule has 126 valence electrons. The summed E-state index contributed by atoms with van der Waals surface area (Å²) in [6.07, 6.45) is 0. The van der Waals surface area contributed by atoms with Crippen molar-refractivity contribution in [2.45, 2.75) is 4.21 Å². The standard InChI is InChI=1S/C17H12N2O4S2/c20-17-12-10-11(19-25(21,22)16-6-3-9-24-16)7-8-14(12)23-15-5-2-1-4-13(15)18-17/h1-10,19H,(H,18,20). The Morgan fingerprint density at radius 3 is 2.64 bits per heavy atom. The highest BCUT2D eigenvalue weighted by Crippen LogP contribution is 2.36. The van der Waals surface area contributed by atoms with E-state index in [2.05, 4.69) is 10.0 Å². The molecule has 8 heteroatoms. The molecule has 0 saturated carbocycles. The Morgan fingerprint density at radius 2 is 1.84 bits per heavy atom. The van der Waals surface area contributed by atoms with Gasteiger partial charge in [0.25, 0.3) is 15.9 Å². The zero-order valence-corrected chi connectivity index (χ0v) is 14.4. The molecule has 0 radical (unpaired) electrons. The minimum atomic E-state index is -3.68. The number of hydrogen-bond acceptors (Lipinski definition) is 5. The number of anilines is 2. The van der Waals surface area contributed by atoms with Crippen molar-refractivity contribution in [2.75, 3.05) is 10.0 Å². The first-order valence-corrected chi connectivity index (χ1v) is 9.68. The van der Waals surface area contributed by atoms with E-state index in [1.54, 1.807) is 47.8 Å². The Balaban J connectivity index is 1.69. The fourth-order valence-corrected chi connectivity index (χ4v) is 4.49. The summed E-state index contributed by atoms with van der Waals surface area (Å²) < 4.78 is 33.1. The number of fused-ring (bicyclic) bond motifs is 2. The number of thiophene rings is 1. The van der Waals surface area contributed by atoms with Crippen LogP contribution in [0.4, 0.5) is 11.4 Å². The molecule has 1 amide bonds. The summed E-state index contributed by atoms with van der Waals surface area (Å²) in [4.78, 5) is 12.4. The maximum absolute atomic E-state index is 12.4. The molecule has 0 unspecified atom stereocenters. The summed E-state index contributed by atoms with van der Waals surface area (Å²) in [6, 6.07) is 14.9. The third kappa shape index (κ3) is 2.97. The van der Waals surface area contributed by atoms with Gasteiger partial charge >= 0.3 is 0 Å². The molecule has 1 aromatic heterocycles. The van der Waals surface area contributed by atoms with Crippen molar-refractivity contribution in [1.82, 2.24) is 0 Å². The van der Waals surface area contributed by atoms with E-state index in [0.29, 0.717) is 17.2 Å². The van der Waals surface area contributed by atoms with Crippen LogP contribution in [0.3, 0.4) is 0 Å². The molecular formula is C17H12N2O4S2. The quantitative estimate of drug-likeness (QED) is 0.730. The van der Waals surface area contributed by atoms with E-state index >= 15 is 0 Å². The molecule has 0 aliphatic carbocycles. The van der Waals surface area contributed by atoms with Crippen LogP contribution in [-0.4, -0.2) is 14.3 Å². The lowest BCUT2D eigenvalue weighted by atomic mass is 10.1. The van der Waals surface area contributed by atoms with Crippen LogP contribution in [0.15, 0.2) is 64.2 Å². The summed E-state index contributed by atoms with van der Waals surface area (Å²) in [5.41, 5.74) is 1.10. The molecular weight excluding hydrogens is 360 g/mol. The average molecular weight is 372 g/mol. The number of carbonyl (C=O) groups excluding carboxylic acids is 1. The molecule has 2 heterocycles. The van der Waals surface area contributed by atoms with Crippen molar-refractivity contribution in [3.63, 3.8) is 0 Å². The van der Waals surface area contributed by atoms with Crippen LogP contribution in [0.25, 0.3) is 0 Å². The first-order valence-electron chi connectivity index (χ1n) is 7.31. The van der Waals surface area contributed by atoms with Crippen LogP contribution in [0.2, 0.25) is 0 Å². The Labute approximate surface area is 148 Å². The van der Waals surface area contributed by atoms with Gasteiger partial charge in [0.15, 0.2) is 5.75 Å². The van der Waals surface area contributed by atoms with Gasteiger partial charge < -0.3 is 10.1 Å². The second-order valence-electron chi connectivity index (χ2n) is 5.30. The van der Waals surface area contributed by atoms with Gasteiger partial charge in [0, 0.05) is 5.69 Å². The SMILES string of the molecule is O=C1Nc2ccccc2Oc2ccc(NS(=O)(=O)c3cccs3)cc21. The van der Waals surface area contributed by atoms with Crippen molar-refractivity contribution in [2.24, 2.45) is 0 Å². The van der Waals surface area contributed by atoms with Gasteiger partial charge in [0.1, 0.15) is 9.96 Å². The highest BCUT2D eigenvalue weighted by atomic mass is 32.2. The minimum Gasteiger partial charge on any atom is -0.454 e. The van der Waals surface area contributed by atoms with Crippen LogP contribution < -0.4 is 14.8 Å². The molecule has 6 nitrogen and oxygen atoms in total. The third-order valence-corrected chi connectivity index (χ3v) is 6.37. The fourth-order valence-electron chi connectivity index (χ4n) is 2.45. The minimum absolute atomic E-state index is 0.204. The lowest BCUT2D eigenvalue weighted by Gasteiger charge is -2.10. The second-order valence-corrected chi connectivity index (χ2v) is 8.16. The van der Waals surface area contributed by atoms with E-state index in [1.165, 1.54) is 12.1 Å². The van der Waals surface area contributed by atoms with Crippen LogP contribution in [0.5, 0.6) is 11.5 Å². The number of nitrogens with one attached hydrogen (secondary N) is 2. The van der Waals surface area contributed by atoms with Crippen LogP contribution in [0.1, 0.15) is 10.4 Å². The summed E-state index contributed by atoms with van der Waals surface area (Å²) in [5, 5.41) is 4.44. The van der Waals surface area contributed by atoms with Gasteiger partial charge in [-0.05, 0) is 41.8 Å². The lowest BCUT2D eigenvalue weighted by molar-refractivity contribution is 0.102. The molecule has 1 aliphatic heterocycles. The largest absolute Gasteiger partial charge is 0.454 e. The monoisotopic (exact) mass is 372 g/mol. The van der Waals surface area contributed by atoms with E-state index in [4.69, 9.17) is 4.74 Å². The molecule has 4 rings (SSSR count). The normalized spacial score (nSPS) is 13.0. The van der Waals surface area contributed by atoms with Gasteiger partial charge in [-0.3, -0.25) is 9.52 Å². The van der Waals surface area contributed by atoms with E-state index < -0.39 is 10.0 Å². The fraction of sp³-hybridized carbons (Fsp3) is 0. The zero-order chi connectivity index (χ0) is 17.4. The first kappa shape index (κ1) is 15.7. The second kappa shape index (κ2) is 5.91. The number of rotatable bonds is 3. The van der Waals surface area contributed by atoms with Crippen LogP contribution in [-0.2, 0) is 10.0 Å². The number of hydrogen-bond donors (Lipinski definition) is 2. The highest BCUT2D eigenvalue weighted by molar-refractivity contribution is 7.94. The smallest absolute Gasteiger partial charge is 0.271 e. The molecule has 2 aromatic carbocycles. The van der Waals surface area contributed by atoms with E-state index in [0.717, 1.165) is 11.3 Å². The van der Waals surface area contributed by atoms with Crippen molar-refractivity contribution < 1.29 is 17.9 Å². The summed E-state index contributed by atoms with van der Waals surface area (Å²) in [5.74, 6) is 0.528. The zero-order valence-electron chi connectivity index (χ0n) is 12.7. The molecule has 1 aliphatic rings.